The van der Waals surface area contributed by atoms with E-state index >= 15 is 0 Å². The Morgan fingerprint density at radius 3 is 3.00 bits per heavy atom. The zero-order valence-corrected chi connectivity index (χ0v) is 7.93. The molecular weight excluding hydrogens is 172 g/mol. The molecule has 1 unspecified atom stereocenters. The number of nitrogens with one attached hydrogen (secondary N) is 1. The number of rotatable bonds is 3. The molecule has 2 rings (SSSR count). The Kier molecular flexibility index (Phi) is 1.87. The van der Waals surface area contributed by atoms with Crippen molar-refractivity contribution in [1.82, 2.24) is 9.97 Å². The molecule has 3 heteroatoms. The van der Waals surface area contributed by atoms with Gasteiger partial charge in [0.05, 0.1) is 0 Å². The molecule has 0 saturated heterocycles. The van der Waals surface area contributed by atoms with Crippen molar-refractivity contribution in [3.8, 4) is 0 Å². The Balaban J connectivity index is 1.95. The normalized spacial score (nSPS) is 22.2. The van der Waals surface area contributed by atoms with Crippen LogP contribution in [-0.2, 0) is 6.42 Å². The number of aromatic amines is 1. The van der Waals surface area contributed by atoms with Crippen LogP contribution in [0, 0.1) is 5.41 Å². The number of halogens is 1. The van der Waals surface area contributed by atoms with E-state index in [4.69, 9.17) is 11.6 Å². The first kappa shape index (κ1) is 8.11. The van der Waals surface area contributed by atoms with E-state index in [1.54, 1.807) is 6.20 Å². The molecule has 12 heavy (non-hydrogen) atoms. The fourth-order valence-corrected chi connectivity index (χ4v) is 1.70. The fraction of sp³-hybridized carbons (Fsp3) is 0.667. The molecule has 0 spiro atoms. The van der Waals surface area contributed by atoms with Gasteiger partial charge in [-0.1, -0.05) is 6.92 Å². The Morgan fingerprint density at radius 1 is 1.75 bits per heavy atom. The zero-order valence-electron chi connectivity index (χ0n) is 7.18. The zero-order chi connectivity index (χ0) is 8.60. The molecular formula is C9H13ClN2. The van der Waals surface area contributed by atoms with Gasteiger partial charge in [0.25, 0.3) is 0 Å². The summed E-state index contributed by atoms with van der Waals surface area (Å²) in [5.74, 6) is 1.00. The first-order valence-electron chi connectivity index (χ1n) is 4.33. The molecule has 1 heterocycles. The summed E-state index contributed by atoms with van der Waals surface area (Å²) in [6.45, 7) is 2.24. The SMILES string of the molecule is CC1(C(Cl)Cc2ncc[nH]2)CC1. The second-order valence-electron chi connectivity index (χ2n) is 3.86. The fourth-order valence-electron chi connectivity index (χ4n) is 1.34. The van der Waals surface area contributed by atoms with E-state index in [1.165, 1.54) is 12.8 Å². The number of H-pyrrole nitrogens is 1. The summed E-state index contributed by atoms with van der Waals surface area (Å²) in [5.41, 5.74) is 0.383. The van der Waals surface area contributed by atoms with Crippen molar-refractivity contribution in [1.29, 1.82) is 0 Å². The summed E-state index contributed by atoms with van der Waals surface area (Å²) in [7, 11) is 0. The van der Waals surface area contributed by atoms with Crippen LogP contribution < -0.4 is 0 Å². The molecule has 1 aliphatic carbocycles. The second-order valence-corrected chi connectivity index (χ2v) is 4.39. The lowest BCUT2D eigenvalue weighted by Gasteiger charge is -2.14. The highest BCUT2D eigenvalue weighted by atomic mass is 35.5. The first-order chi connectivity index (χ1) is 5.71. The summed E-state index contributed by atoms with van der Waals surface area (Å²) in [5, 5.41) is 0.239. The molecule has 1 saturated carbocycles. The molecule has 0 radical (unpaired) electrons. The molecule has 0 aromatic carbocycles. The Hall–Kier alpha value is -0.500. The molecule has 0 aliphatic heterocycles. The van der Waals surface area contributed by atoms with Gasteiger partial charge in [-0.15, -0.1) is 11.6 Å². The second kappa shape index (κ2) is 2.77. The number of nitrogens with zero attached hydrogens (tertiary/aromatic N) is 1. The summed E-state index contributed by atoms with van der Waals surface area (Å²) in [4.78, 5) is 7.23. The summed E-state index contributed by atoms with van der Waals surface area (Å²) >= 11 is 6.25. The minimum atomic E-state index is 0.239. The van der Waals surface area contributed by atoms with Crippen LogP contribution in [-0.4, -0.2) is 15.3 Å². The van der Waals surface area contributed by atoms with Crippen molar-refractivity contribution < 1.29 is 0 Å². The van der Waals surface area contributed by atoms with E-state index in [-0.39, 0.29) is 5.38 Å². The number of imidazole rings is 1. The van der Waals surface area contributed by atoms with Gasteiger partial charge in [-0.05, 0) is 18.3 Å². The molecule has 1 aromatic heterocycles. The number of hydrogen-bond donors (Lipinski definition) is 1. The highest BCUT2D eigenvalue weighted by molar-refractivity contribution is 6.21. The standard InChI is InChI=1S/C9H13ClN2/c1-9(2-3-9)7(10)6-8-11-4-5-12-8/h4-5,7H,2-3,6H2,1H3,(H,11,12). The Morgan fingerprint density at radius 2 is 2.50 bits per heavy atom. The van der Waals surface area contributed by atoms with Gasteiger partial charge < -0.3 is 4.98 Å². The molecule has 1 fully saturated rings. The maximum Gasteiger partial charge on any atom is 0.107 e. The average Bonchev–Trinajstić information content (AvgIpc) is 2.63. The maximum atomic E-state index is 6.25. The first-order valence-corrected chi connectivity index (χ1v) is 4.77. The van der Waals surface area contributed by atoms with Crippen LogP contribution in [0.2, 0.25) is 0 Å². The van der Waals surface area contributed by atoms with Gasteiger partial charge >= 0.3 is 0 Å². The van der Waals surface area contributed by atoms with Gasteiger partial charge in [0, 0.05) is 24.2 Å². The largest absolute Gasteiger partial charge is 0.349 e. The van der Waals surface area contributed by atoms with Gasteiger partial charge in [0.1, 0.15) is 5.82 Å². The number of alkyl halides is 1. The van der Waals surface area contributed by atoms with Crippen molar-refractivity contribution in [3.63, 3.8) is 0 Å². The van der Waals surface area contributed by atoms with Crippen LogP contribution in [0.5, 0.6) is 0 Å². The third-order valence-electron chi connectivity index (χ3n) is 2.72. The van der Waals surface area contributed by atoms with Crippen molar-refractivity contribution >= 4 is 11.6 Å². The van der Waals surface area contributed by atoms with Crippen LogP contribution in [0.15, 0.2) is 12.4 Å². The quantitative estimate of drug-likeness (QED) is 0.718. The van der Waals surface area contributed by atoms with Gasteiger partial charge in [0.2, 0.25) is 0 Å². The Bertz CT molecular complexity index is 252. The van der Waals surface area contributed by atoms with E-state index in [1.807, 2.05) is 6.20 Å². The van der Waals surface area contributed by atoms with Crippen LogP contribution in [0.3, 0.4) is 0 Å². The van der Waals surface area contributed by atoms with Crippen molar-refractivity contribution in [3.05, 3.63) is 18.2 Å². The van der Waals surface area contributed by atoms with E-state index in [0.717, 1.165) is 12.2 Å². The lowest BCUT2D eigenvalue weighted by atomic mass is 10.0. The third kappa shape index (κ3) is 1.48. The van der Waals surface area contributed by atoms with E-state index in [2.05, 4.69) is 16.9 Å². The van der Waals surface area contributed by atoms with E-state index < -0.39 is 0 Å². The van der Waals surface area contributed by atoms with Crippen LogP contribution >= 0.6 is 11.6 Å². The van der Waals surface area contributed by atoms with Gasteiger partial charge in [-0.25, -0.2) is 4.98 Å². The number of hydrogen-bond acceptors (Lipinski definition) is 1. The minimum Gasteiger partial charge on any atom is -0.349 e. The van der Waals surface area contributed by atoms with Crippen LogP contribution in [0.1, 0.15) is 25.6 Å². The van der Waals surface area contributed by atoms with Crippen molar-refractivity contribution in [2.45, 2.75) is 31.6 Å². The molecule has 0 amide bonds. The monoisotopic (exact) mass is 184 g/mol. The van der Waals surface area contributed by atoms with Crippen LogP contribution in [0.25, 0.3) is 0 Å². The van der Waals surface area contributed by atoms with E-state index in [9.17, 15) is 0 Å². The van der Waals surface area contributed by atoms with Gasteiger partial charge in [-0.3, -0.25) is 0 Å². The number of aromatic nitrogens is 2. The highest BCUT2D eigenvalue weighted by Crippen LogP contribution is 2.51. The van der Waals surface area contributed by atoms with Gasteiger partial charge in [0.15, 0.2) is 0 Å². The summed E-state index contributed by atoms with van der Waals surface area (Å²) in [6, 6.07) is 0. The van der Waals surface area contributed by atoms with Crippen molar-refractivity contribution in [2.75, 3.05) is 0 Å². The maximum absolute atomic E-state index is 6.25. The topological polar surface area (TPSA) is 28.7 Å². The molecule has 1 N–H and O–H groups in total. The van der Waals surface area contributed by atoms with Crippen LogP contribution in [0.4, 0.5) is 0 Å². The summed E-state index contributed by atoms with van der Waals surface area (Å²) < 4.78 is 0. The highest BCUT2D eigenvalue weighted by Gasteiger charge is 2.43. The molecule has 1 aliphatic rings. The summed E-state index contributed by atoms with van der Waals surface area (Å²) in [6.07, 6.45) is 7.01. The molecule has 66 valence electrons. The average molecular weight is 185 g/mol. The predicted octanol–water partition coefficient (Wildman–Crippen LogP) is 2.36. The lowest BCUT2D eigenvalue weighted by molar-refractivity contribution is 0.521. The lowest BCUT2D eigenvalue weighted by Crippen LogP contribution is -2.15. The Labute approximate surface area is 77.3 Å². The molecule has 0 bridgehead atoms. The molecule has 1 aromatic rings. The third-order valence-corrected chi connectivity index (χ3v) is 3.40. The van der Waals surface area contributed by atoms with Gasteiger partial charge in [-0.2, -0.15) is 0 Å². The predicted molar refractivity (Wildman–Crippen MR) is 49.3 cm³/mol. The van der Waals surface area contributed by atoms with Crippen molar-refractivity contribution in [2.24, 2.45) is 5.41 Å². The molecule has 2 nitrogen and oxygen atoms in total. The minimum absolute atomic E-state index is 0.239. The smallest absolute Gasteiger partial charge is 0.107 e. The van der Waals surface area contributed by atoms with E-state index in [0.29, 0.717) is 5.41 Å². The molecule has 1 atom stereocenters.